The molecule has 0 aliphatic heterocycles. The Balaban J connectivity index is 2.59. The Bertz CT molecular complexity index is 436. The van der Waals surface area contributed by atoms with Crippen molar-refractivity contribution in [2.24, 2.45) is 0 Å². The summed E-state index contributed by atoms with van der Waals surface area (Å²) in [5.41, 5.74) is 2.00. The van der Waals surface area contributed by atoms with Gasteiger partial charge in [-0.3, -0.25) is 4.79 Å². The fraction of sp³-hybridized carbons (Fsp3) is 0.562. The van der Waals surface area contributed by atoms with Crippen LogP contribution in [0.25, 0.3) is 0 Å². The lowest BCUT2D eigenvalue weighted by Gasteiger charge is -2.27. The van der Waals surface area contributed by atoms with Gasteiger partial charge in [0, 0.05) is 11.5 Å². The highest BCUT2D eigenvalue weighted by Gasteiger charge is 2.33. The Hall–Kier alpha value is -1.00. The number of ether oxygens (including phenoxy) is 1. The first kappa shape index (κ1) is 17.1. The first-order valence-corrected chi connectivity index (χ1v) is 8.23. The van der Waals surface area contributed by atoms with E-state index in [2.05, 4.69) is 30.4 Å². The lowest BCUT2D eigenvalue weighted by molar-refractivity contribution is -0.149. The number of aryl methyl sites for hydroxylation is 1. The normalized spacial score (nSPS) is 13.8. The summed E-state index contributed by atoms with van der Waals surface area (Å²) >= 11 is 1.76. The average molecular weight is 295 g/mol. The van der Waals surface area contributed by atoms with E-state index in [9.17, 15) is 4.79 Å². The summed E-state index contributed by atoms with van der Waals surface area (Å²) in [5.74, 6) is 1.44. The van der Waals surface area contributed by atoms with Crippen LogP contribution in [-0.4, -0.2) is 30.4 Å². The van der Waals surface area contributed by atoms with Crippen LogP contribution < -0.4 is 5.32 Å². The Morgan fingerprint density at radius 3 is 2.65 bits per heavy atom. The van der Waals surface area contributed by atoms with Crippen LogP contribution in [0.3, 0.4) is 0 Å². The van der Waals surface area contributed by atoms with Gasteiger partial charge in [0.25, 0.3) is 0 Å². The van der Waals surface area contributed by atoms with Crippen LogP contribution in [0.5, 0.6) is 0 Å². The molecule has 0 heterocycles. The smallest absolute Gasteiger partial charge is 0.326 e. The maximum atomic E-state index is 12.1. The van der Waals surface area contributed by atoms with E-state index in [0.717, 1.165) is 12.3 Å². The number of nitrogens with one attached hydrogen (secondary N) is 1. The second kappa shape index (κ2) is 8.32. The number of hydrogen-bond donors (Lipinski definition) is 1. The van der Waals surface area contributed by atoms with Crippen LogP contribution in [0.15, 0.2) is 24.3 Å². The molecule has 0 saturated heterocycles. The van der Waals surface area contributed by atoms with E-state index >= 15 is 0 Å². The van der Waals surface area contributed by atoms with Gasteiger partial charge < -0.3 is 10.1 Å². The van der Waals surface area contributed by atoms with E-state index in [0.29, 0.717) is 12.4 Å². The third-order valence-corrected chi connectivity index (χ3v) is 4.50. The predicted octanol–water partition coefficient (Wildman–Crippen LogP) is 3.16. The van der Waals surface area contributed by atoms with E-state index in [1.54, 1.807) is 11.8 Å². The monoisotopic (exact) mass is 295 g/mol. The first-order chi connectivity index (χ1) is 9.53. The molecule has 0 fully saturated rings. The molecule has 0 saturated carbocycles. The molecular formula is C16H25NO2S. The topological polar surface area (TPSA) is 38.3 Å². The van der Waals surface area contributed by atoms with Crippen molar-refractivity contribution >= 4 is 17.7 Å². The molecule has 1 atom stereocenters. The van der Waals surface area contributed by atoms with Gasteiger partial charge in [0.1, 0.15) is 5.54 Å². The standard InChI is InChI=1S/C16H25NO2S/c1-5-17-16(4,15(18)19-6-2)12-20-11-14-10-8-7-9-13(14)3/h7-10,17H,5-6,11-12H2,1-4H3. The van der Waals surface area contributed by atoms with Crippen molar-refractivity contribution < 1.29 is 9.53 Å². The third-order valence-electron chi connectivity index (χ3n) is 3.20. The van der Waals surface area contributed by atoms with E-state index in [4.69, 9.17) is 4.74 Å². The highest BCUT2D eigenvalue weighted by Crippen LogP contribution is 2.21. The minimum atomic E-state index is -0.613. The highest BCUT2D eigenvalue weighted by atomic mass is 32.2. The second-order valence-electron chi connectivity index (χ2n) is 5.00. The number of benzene rings is 1. The second-order valence-corrected chi connectivity index (χ2v) is 5.99. The van der Waals surface area contributed by atoms with Gasteiger partial charge >= 0.3 is 5.97 Å². The Labute approximate surface area is 126 Å². The van der Waals surface area contributed by atoms with Crippen molar-refractivity contribution in [3.8, 4) is 0 Å². The molecule has 0 amide bonds. The minimum Gasteiger partial charge on any atom is -0.465 e. The van der Waals surface area contributed by atoms with Gasteiger partial charge in [0.2, 0.25) is 0 Å². The van der Waals surface area contributed by atoms with Crippen LogP contribution in [0, 0.1) is 6.92 Å². The quantitative estimate of drug-likeness (QED) is 0.748. The van der Waals surface area contributed by atoms with Crippen molar-refractivity contribution in [2.45, 2.75) is 39.0 Å². The van der Waals surface area contributed by atoms with Crippen molar-refractivity contribution in [3.63, 3.8) is 0 Å². The van der Waals surface area contributed by atoms with Crippen molar-refractivity contribution in [2.75, 3.05) is 18.9 Å². The molecule has 112 valence electrons. The molecule has 0 aromatic heterocycles. The summed E-state index contributed by atoms with van der Waals surface area (Å²) in [7, 11) is 0. The number of rotatable bonds is 8. The molecule has 20 heavy (non-hydrogen) atoms. The summed E-state index contributed by atoms with van der Waals surface area (Å²) in [6, 6.07) is 8.35. The summed E-state index contributed by atoms with van der Waals surface area (Å²) in [5, 5.41) is 3.25. The van der Waals surface area contributed by atoms with Crippen LogP contribution in [0.1, 0.15) is 31.9 Å². The molecular weight excluding hydrogens is 270 g/mol. The van der Waals surface area contributed by atoms with Crippen LogP contribution in [0.4, 0.5) is 0 Å². The SMILES string of the molecule is CCNC(C)(CSCc1ccccc1C)C(=O)OCC. The molecule has 1 aromatic rings. The van der Waals surface area contributed by atoms with Gasteiger partial charge in [-0.15, -0.1) is 0 Å². The molecule has 0 bridgehead atoms. The molecule has 3 nitrogen and oxygen atoms in total. The molecule has 1 N–H and O–H groups in total. The molecule has 0 aliphatic carbocycles. The number of carbonyl (C=O) groups is 1. The lowest BCUT2D eigenvalue weighted by Crippen LogP contribution is -2.52. The molecule has 1 unspecified atom stereocenters. The zero-order chi connectivity index (χ0) is 15.0. The Morgan fingerprint density at radius 1 is 1.35 bits per heavy atom. The molecule has 0 spiro atoms. The zero-order valence-corrected chi connectivity index (χ0v) is 13.7. The molecule has 0 radical (unpaired) electrons. The van der Waals surface area contributed by atoms with Crippen molar-refractivity contribution in [1.82, 2.24) is 5.32 Å². The molecule has 1 aromatic carbocycles. The lowest BCUT2D eigenvalue weighted by atomic mass is 10.1. The van der Waals surface area contributed by atoms with Crippen molar-refractivity contribution in [3.05, 3.63) is 35.4 Å². The van der Waals surface area contributed by atoms with Crippen LogP contribution >= 0.6 is 11.8 Å². The van der Waals surface area contributed by atoms with Crippen LogP contribution in [0.2, 0.25) is 0 Å². The highest BCUT2D eigenvalue weighted by molar-refractivity contribution is 7.98. The van der Waals surface area contributed by atoms with E-state index < -0.39 is 5.54 Å². The van der Waals surface area contributed by atoms with Gasteiger partial charge in [-0.05, 0) is 38.4 Å². The molecule has 4 heteroatoms. The fourth-order valence-corrected chi connectivity index (χ4v) is 3.27. The zero-order valence-electron chi connectivity index (χ0n) is 12.9. The van der Waals surface area contributed by atoms with E-state index in [-0.39, 0.29) is 5.97 Å². The van der Waals surface area contributed by atoms with Crippen molar-refractivity contribution in [1.29, 1.82) is 0 Å². The van der Waals surface area contributed by atoms with Gasteiger partial charge in [-0.2, -0.15) is 11.8 Å². The number of hydrogen-bond acceptors (Lipinski definition) is 4. The van der Waals surface area contributed by atoms with Gasteiger partial charge in [-0.25, -0.2) is 0 Å². The Kier molecular flexibility index (Phi) is 7.10. The average Bonchev–Trinajstić information content (AvgIpc) is 2.41. The summed E-state index contributed by atoms with van der Waals surface area (Å²) in [6.45, 7) is 9.04. The number of carbonyl (C=O) groups excluding carboxylic acids is 1. The molecule has 1 rings (SSSR count). The van der Waals surface area contributed by atoms with E-state index in [1.807, 2.05) is 26.8 Å². The summed E-state index contributed by atoms with van der Waals surface area (Å²) in [4.78, 5) is 12.1. The fourth-order valence-electron chi connectivity index (χ4n) is 2.00. The summed E-state index contributed by atoms with van der Waals surface area (Å²) in [6.07, 6.45) is 0. The maximum absolute atomic E-state index is 12.1. The van der Waals surface area contributed by atoms with Gasteiger partial charge in [0.05, 0.1) is 6.61 Å². The summed E-state index contributed by atoms with van der Waals surface area (Å²) < 4.78 is 5.17. The van der Waals surface area contributed by atoms with Gasteiger partial charge in [0.15, 0.2) is 0 Å². The third kappa shape index (κ3) is 4.84. The Morgan fingerprint density at radius 2 is 2.05 bits per heavy atom. The maximum Gasteiger partial charge on any atom is 0.326 e. The number of thioether (sulfide) groups is 1. The van der Waals surface area contributed by atoms with Gasteiger partial charge in [-0.1, -0.05) is 31.2 Å². The first-order valence-electron chi connectivity index (χ1n) is 7.08. The minimum absolute atomic E-state index is 0.167. The van der Waals surface area contributed by atoms with E-state index in [1.165, 1.54) is 11.1 Å². The number of likely N-dealkylation sites (N-methyl/N-ethyl adjacent to an activating group) is 1. The number of esters is 1. The predicted molar refractivity (Wildman–Crippen MR) is 86.1 cm³/mol. The largest absolute Gasteiger partial charge is 0.465 e. The molecule has 0 aliphatic rings. The van der Waals surface area contributed by atoms with Crippen LogP contribution in [-0.2, 0) is 15.3 Å².